The number of fused-ring (bicyclic) bond motifs is 2. The molecule has 2 aliphatic heterocycles. The molecule has 2 bridgehead atoms. The molecular weight excluding hydrogens is 404 g/mol. The van der Waals surface area contributed by atoms with Gasteiger partial charge in [0.1, 0.15) is 6.10 Å². The molecule has 1 aromatic heterocycles. The van der Waals surface area contributed by atoms with Crippen molar-refractivity contribution in [2.24, 2.45) is 0 Å². The molecule has 7 heteroatoms. The lowest BCUT2D eigenvalue weighted by atomic mass is 10.0. The minimum absolute atomic E-state index is 0.00103. The van der Waals surface area contributed by atoms with E-state index in [9.17, 15) is 8.42 Å². The average molecular weight is 423 g/mol. The first-order valence-corrected chi connectivity index (χ1v) is 10.6. The number of ether oxygens (including phenoxy) is 1. The number of hydrogen-bond acceptors (Lipinski definition) is 4. The Hall–Kier alpha value is -1.44. The molecule has 2 aromatic rings. The van der Waals surface area contributed by atoms with Gasteiger partial charge in [0.2, 0.25) is 15.9 Å². The number of aromatic nitrogens is 1. The number of nitrogens with zero attached hydrogens (tertiary/aromatic N) is 2. The van der Waals surface area contributed by atoms with Crippen LogP contribution in [0.5, 0.6) is 5.88 Å². The molecular formula is C18H19BrN2O3S. The molecule has 2 unspecified atom stereocenters. The van der Waals surface area contributed by atoms with E-state index >= 15 is 0 Å². The number of benzene rings is 1. The van der Waals surface area contributed by atoms with Gasteiger partial charge in [-0.05, 0) is 43.2 Å². The number of pyridine rings is 1. The fourth-order valence-corrected chi connectivity index (χ4v) is 6.04. The summed E-state index contributed by atoms with van der Waals surface area (Å²) < 4.78 is 34.7. The van der Waals surface area contributed by atoms with Crippen LogP contribution in [0.25, 0.3) is 0 Å². The smallest absolute Gasteiger partial charge is 0.243 e. The molecule has 2 aliphatic rings. The van der Waals surface area contributed by atoms with Crippen LogP contribution in [-0.2, 0) is 10.0 Å². The first-order valence-electron chi connectivity index (χ1n) is 8.41. The molecule has 0 spiro atoms. The van der Waals surface area contributed by atoms with Gasteiger partial charge in [-0.15, -0.1) is 0 Å². The van der Waals surface area contributed by atoms with Crippen LogP contribution in [0.15, 0.2) is 58.0 Å². The van der Waals surface area contributed by atoms with E-state index < -0.39 is 10.0 Å². The lowest BCUT2D eigenvalue weighted by molar-refractivity contribution is 0.0918. The molecule has 4 rings (SSSR count). The van der Waals surface area contributed by atoms with Gasteiger partial charge in [-0.2, -0.15) is 4.31 Å². The molecule has 2 fully saturated rings. The molecule has 132 valence electrons. The Kier molecular flexibility index (Phi) is 4.56. The van der Waals surface area contributed by atoms with Gasteiger partial charge in [0.25, 0.3) is 0 Å². The summed E-state index contributed by atoms with van der Waals surface area (Å²) in [5.41, 5.74) is 0. The van der Waals surface area contributed by atoms with Gasteiger partial charge < -0.3 is 4.74 Å². The third kappa shape index (κ3) is 3.32. The summed E-state index contributed by atoms with van der Waals surface area (Å²) >= 11 is 3.35. The highest BCUT2D eigenvalue weighted by Crippen LogP contribution is 2.40. The van der Waals surface area contributed by atoms with E-state index in [4.69, 9.17) is 4.74 Å². The molecule has 25 heavy (non-hydrogen) atoms. The molecule has 0 radical (unpaired) electrons. The fourth-order valence-electron chi connectivity index (χ4n) is 3.89. The maximum atomic E-state index is 13.1. The minimum Gasteiger partial charge on any atom is -0.474 e. The second-order valence-corrected chi connectivity index (χ2v) is 9.31. The zero-order valence-electron chi connectivity index (χ0n) is 13.6. The maximum absolute atomic E-state index is 13.1. The van der Waals surface area contributed by atoms with Crippen molar-refractivity contribution in [1.29, 1.82) is 0 Å². The monoisotopic (exact) mass is 422 g/mol. The van der Waals surface area contributed by atoms with E-state index in [1.165, 1.54) is 0 Å². The molecule has 2 atom stereocenters. The summed E-state index contributed by atoms with van der Waals surface area (Å²) in [6.45, 7) is 0. The summed E-state index contributed by atoms with van der Waals surface area (Å²) in [7, 11) is -3.47. The summed E-state index contributed by atoms with van der Waals surface area (Å²) in [4.78, 5) is 4.57. The number of halogens is 1. The maximum Gasteiger partial charge on any atom is 0.243 e. The van der Waals surface area contributed by atoms with Crippen molar-refractivity contribution < 1.29 is 13.2 Å². The van der Waals surface area contributed by atoms with Crippen molar-refractivity contribution in [2.45, 2.75) is 48.8 Å². The quantitative estimate of drug-likeness (QED) is 0.754. The lowest BCUT2D eigenvalue weighted by Crippen LogP contribution is -2.49. The SMILES string of the molecule is O=S(=O)(c1ccc(Br)cc1)N1C2CCC1CC(Oc1ccccn1)C2. The van der Waals surface area contributed by atoms with Crippen molar-refractivity contribution in [3.8, 4) is 5.88 Å². The van der Waals surface area contributed by atoms with Crippen LogP contribution in [0.2, 0.25) is 0 Å². The first kappa shape index (κ1) is 17.0. The zero-order chi connectivity index (χ0) is 17.4. The van der Waals surface area contributed by atoms with Gasteiger partial charge in [-0.1, -0.05) is 22.0 Å². The summed E-state index contributed by atoms with van der Waals surface area (Å²) in [6.07, 6.45) is 4.93. The van der Waals surface area contributed by atoms with Crippen molar-refractivity contribution >= 4 is 26.0 Å². The highest BCUT2D eigenvalue weighted by molar-refractivity contribution is 9.10. The Morgan fingerprint density at radius 1 is 1.04 bits per heavy atom. The lowest BCUT2D eigenvalue weighted by Gasteiger charge is -2.37. The van der Waals surface area contributed by atoms with E-state index in [1.807, 2.05) is 18.2 Å². The largest absolute Gasteiger partial charge is 0.474 e. The van der Waals surface area contributed by atoms with Crippen LogP contribution >= 0.6 is 15.9 Å². The van der Waals surface area contributed by atoms with Crippen LogP contribution in [0.1, 0.15) is 25.7 Å². The van der Waals surface area contributed by atoms with Gasteiger partial charge in [-0.25, -0.2) is 13.4 Å². The minimum atomic E-state index is -3.47. The second-order valence-electron chi connectivity index (χ2n) is 6.55. The van der Waals surface area contributed by atoms with Crippen LogP contribution < -0.4 is 4.74 Å². The Labute approximate surface area is 156 Å². The third-order valence-electron chi connectivity index (χ3n) is 4.94. The van der Waals surface area contributed by atoms with Gasteiger partial charge in [0, 0.05) is 41.7 Å². The van der Waals surface area contributed by atoms with Crippen molar-refractivity contribution in [2.75, 3.05) is 0 Å². The van der Waals surface area contributed by atoms with Crippen LogP contribution in [0.3, 0.4) is 0 Å². The van der Waals surface area contributed by atoms with Gasteiger partial charge in [0.15, 0.2) is 0 Å². The molecule has 5 nitrogen and oxygen atoms in total. The second kappa shape index (κ2) is 6.70. The predicted molar refractivity (Wildman–Crippen MR) is 97.9 cm³/mol. The summed E-state index contributed by atoms with van der Waals surface area (Å²) in [5, 5.41) is 0. The van der Waals surface area contributed by atoms with Gasteiger partial charge >= 0.3 is 0 Å². The molecule has 0 aliphatic carbocycles. The van der Waals surface area contributed by atoms with Crippen molar-refractivity contribution in [3.63, 3.8) is 0 Å². The number of piperidine rings is 1. The number of hydrogen-bond donors (Lipinski definition) is 0. The van der Waals surface area contributed by atoms with Crippen molar-refractivity contribution in [3.05, 3.63) is 53.1 Å². The normalized spacial score (nSPS) is 26.5. The summed E-state index contributed by atoms with van der Waals surface area (Å²) in [6, 6.07) is 12.4. The Bertz CT molecular complexity index is 828. The highest BCUT2D eigenvalue weighted by atomic mass is 79.9. The fraction of sp³-hybridized carbons (Fsp3) is 0.389. The molecule has 1 aromatic carbocycles. The van der Waals surface area contributed by atoms with E-state index in [0.29, 0.717) is 23.6 Å². The highest BCUT2D eigenvalue weighted by Gasteiger charge is 2.47. The standard InChI is InChI=1S/C18H19BrN2O3S/c19-13-4-8-17(9-5-13)25(22,23)21-14-6-7-15(21)12-16(11-14)24-18-3-1-2-10-20-18/h1-5,8-10,14-16H,6-7,11-12H2. The van der Waals surface area contributed by atoms with Gasteiger partial charge in [-0.3, -0.25) is 0 Å². The third-order valence-corrected chi connectivity index (χ3v) is 7.48. The molecule has 2 saturated heterocycles. The van der Waals surface area contributed by atoms with Gasteiger partial charge in [0.05, 0.1) is 4.90 Å². The number of sulfonamides is 1. The molecule has 3 heterocycles. The van der Waals surface area contributed by atoms with Crippen LogP contribution in [0.4, 0.5) is 0 Å². The Morgan fingerprint density at radius 3 is 2.32 bits per heavy atom. The summed E-state index contributed by atoms with van der Waals surface area (Å²) in [5.74, 6) is 0.608. The van der Waals surface area contributed by atoms with Crippen LogP contribution in [0, 0.1) is 0 Å². The van der Waals surface area contributed by atoms with Crippen molar-refractivity contribution in [1.82, 2.24) is 9.29 Å². The average Bonchev–Trinajstić information content (AvgIpc) is 2.89. The van der Waals surface area contributed by atoms with E-state index in [2.05, 4.69) is 20.9 Å². The molecule has 0 saturated carbocycles. The van der Waals surface area contributed by atoms with E-state index in [0.717, 1.165) is 17.3 Å². The topological polar surface area (TPSA) is 59.5 Å². The molecule has 0 amide bonds. The zero-order valence-corrected chi connectivity index (χ0v) is 16.0. The van der Waals surface area contributed by atoms with Crippen LogP contribution in [-0.4, -0.2) is 35.9 Å². The predicted octanol–water partition coefficient (Wildman–Crippen LogP) is 3.61. The Morgan fingerprint density at radius 2 is 1.72 bits per heavy atom. The van der Waals surface area contributed by atoms with E-state index in [-0.39, 0.29) is 18.2 Å². The molecule has 0 N–H and O–H groups in total. The number of rotatable bonds is 4. The van der Waals surface area contributed by atoms with E-state index in [1.54, 1.807) is 34.8 Å². The Balaban J connectivity index is 1.53. The first-order chi connectivity index (χ1) is 12.0.